The molecule has 5 heteroatoms. The number of benzene rings is 2. The van der Waals surface area contributed by atoms with Gasteiger partial charge in [-0.05, 0) is 59.7 Å². The first-order valence-electron chi connectivity index (χ1n) is 7.63. The minimum atomic E-state index is -0.120. The zero-order valence-corrected chi connectivity index (χ0v) is 15.3. The second kappa shape index (κ2) is 6.70. The van der Waals surface area contributed by atoms with E-state index in [1.54, 1.807) is 0 Å². The number of anilines is 1. The fourth-order valence-electron chi connectivity index (χ4n) is 2.61. The molecule has 0 radical (unpaired) electrons. The van der Waals surface area contributed by atoms with Crippen LogP contribution in [-0.2, 0) is 6.54 Å². The Bertz CT molecular complexity index is 870. The lowest BCUT2D eigenvalue weighted by molar-refractivity contribution is 0.102. The van der Waals surface area contributed by atoms with Crippen molar-refractivity contribution in [3.8, 4) is 0 Å². The molecule has 3 rings (SSSR count). The summed E-state index contributed by atoms with van der Waals surface area (Å²) in [4.78, 5) is 17.2. The fraction of sp³-hybridized carbons (Fsp3) is 0.222. The van der Waals surface area contributed by atoms with Gasteiger partial charge in [0.15, 0.2) is 0 Å². The summed E-state index contributed by atoms with van der Waals surface area (Å²) in [5, 5.41) is 2.98. The third kappa shape index (κ3) is 3.10. The molecule has 1 heterocycles. The zero-order chi connectivity index (χ0) is 16.4. The van der Waals surface area contributed by atoms with E-state index in [2.05, 4.69) is 44.4 Å². The van der Waals surface area contributed by atoms with Gasteiger partial charge in [0, 0.05) is 10.1 Å². The van der Waals surface area contributed by atoms with E-state index in [1.165, 1.54) is 0 Å². The molecule has 1 amide bonds. The van der Waals surface area contributed by atoms with Crippen molar-refractivity contribution in [1.82, 2.24) is 9.55 Å². The van der Waals surface area contributed by atoms with E-state index in [0.717, 1.165) is 33.1 Å². The number of carbonyl (C=O) groups excluding carboxylic acids is 1. The van der Waals surface area contributed by atoms with Crippen molar-refractivity contribution < 1.29 is 4.79 Å². The molecule has 0 aliphatic heterocycles. The molecule has 0 bridgehead atoms. The summed E-state index contributed by atoms with van der Waals surface area (Å²) in [5.41, 5.74) is 3.72. The molecule has 0 aliphatic rings. The first-order chi connectivity index (χ1) is 11.1. The van der Waals surface area contributed by atoms with E-state index in [4.69, 9.17) is 0 Å². The average Bonchev–Trinajstić information content (AvgIpc) is 2.88. The molecular weight excluding hydrogens is 401 g/mol. The van der Waals surface area contributed by atoms with Crippen LogP contribution in [0.15, 0.2) is 42.5 Å². The SMILES string of the molecule is CCCn1c(NC(=O)c2cccc(C)c2I)nc2ccccc21. The molecule has 0 aliphatic carbocycles. The molecule has 2 aromatic carbocycles. The van der Waals surface area contributed by atoms with Gasteiger partial charge in [0.1, 0.15) is 0 Å². The van der Waals surface area contributed by atoms with Crippen LogP contribution in [0.3, 0.4) is 0 Å². The fourth-order valence-corrected chi connectivity index (χ4v) is 3.22. The summed E-state index contributed by atoms with van der Waals surface area (Å²) in [6, 6.07) is 13.7. The van der Waals surface area contributed by atoms with Gasteiger partial charge in [0.25, 0.3) is 5.91 Å². The highest BCUT2D eigenvalue weighted by molar-refractivity contribution is 14.1. The summed E-state index contributed by atoms with van der Waals surface area (Å²) in [6.45, 7) is 4.94. The van der Waals surface area contributed by atoms with Crippen LogP contribution in [0, 0.1) is 10.5 Å². The largest absolute Gasteiger partial charge is 0.310 e. The Morgan fingerprint density at radius 3 is 2.78 bits per heavy atom. The van der Waals surface area contributed by atoms with Gasteiger partial charge in [-0.15, -0.1) is 0 Å². The van der Waals surface area contributed by atoms with Gasteiger partial charge in [0.05, 0.1) is 16.6 Å². The third-order valence-electron chi connectivity index (χ3n) is 3.76. The number of para-hydroxylation sites is 2. The van der Waals surface area contributed by atoms with Crippen LogP contribution in [0.4, 0.5) is 5.95 Å². The van der Waals surface area contributed by atoms with Crippen LogP contribution in [0.25, 0.3) is 11.0 Å². The van der Waals surface area contributed by atoms with Crippen molar-refractivity contribution in [1.29, 1.82) is 0 Å². The predicted molar refractivity (Wildman–Crippen MR) is 102 cm³/mol. The molecule has 23 heavy (non-hydrogen) atoms. The minimum Gasteiger partial charge on any atom is -0.310 e. The minimum absolute atomic E-state index is 0.120. The number of hydrogen-bond acceptors (Lipinski definition) is 2. The van der Waals surface area contributed by atoms with Crippen LogP contribution < -0.4 is 5.32 Å². The number of aromatic nitrogens is 2. The Labute approximate surface area is 149 Å². The topological polar surface area (TPSA) is 46.9 Å². The molecule has 3 aromatic rings. The second-order valence-electron chi connectivity index (χ2n) is 5.47. The maximum absolute atomic E-state index is 12.7. The summed E-state index contributed by atoms with van der Waals surface area (Å²) >= 11 is 2.21. The van der Waals surface area contributed by atoms with Crippen molar-refractivity contribution in [3.05, 3.63) is 57.2 Å². The van der Waals surface area contributed by atoms with Crippen LogP contribution >= 0.6 is 22.6 Å². The number of imidazole rings is 1. The van der Waals surface area contributed by atoms with Gasteiger partial charge in [-0.25, -0.2) is 4.98 Å². The molecular formula is C18H18IN3O. The first kappa shape index (κ1) is 16.0. The summed E-state index contributed by atoms with van der Waals surface area (Å²) in [5.74, 6) is 0.487. The lowest BCUT2D eigenvalue weighted by Crippen LogP contribution is -2.17. The number of nitrogens with one attached hydrogen (secondary N) is 1. The highest BCUT2D eigenvalue weighted by Gasteiger charge is 2.16. The van der Waals surface area contributed by atoms with E-state index in [-0.39, 0.29) is 5.91 Å². The maximum atomic E-state index is 12.7. The third-order valence-corrected chi connectivity index (χ3v) is 5.20. The highest BCUT2D eigenvalue weighted by Crippen LogP contribution is 2.22. The van der Waals surface area contributed by atoms with Gasteiger partial charge in [-0.3, -0.25) is 10.1 Å². The summed E-state index contributed by atoms with van der Waals surface area (Å²) < 4.78 is 3.04. The van der Waals surface area contributed by atoms with Gasteiger partial charge in [0.2, 0.25) is 5.95 Å². The molecule has 0 fully saturated rings. The number of halogens is 1. The molecule has 0 atom stereocenters. The van der Waals surface area contributed by atoms with Gasteiger partial charge in [-0.1, -0.05) is 31.2 Å². The average molecular weight is 419 g/mol. The van der Waals surface area contributed by atoms with Crippen LogP contribution in [0.5, 0.6) is 0 Å². The quantitative estimate of drug-likeness (QED) is 0.628. The Kier molecular flexibility index (Phi) is 4.66. The van der Waals surface area contributed by atoms with Gasteiger partial charge < -0.3 is 4.57 Å². The molecule has 1 aromatic heterocycles. The predicted octanol–water partition coefficient (Wildman–Crippen LogP) is 4.61. The molecule has 0 unspecified atom stereocenters. The molecule has 0 saturated heterocycles. The van der Waals surface area contributed by atoms with E-state index in [9.17, 15) is 4.79 Å². The molecule has 118 valence electrons. The number of nitrogens with zero attached hydrogens (tertiary/aromatic N) is 2. The normalized spacial score (nSPS) is 10.9. The van der Waals surface area contributed by atoms with E-state index < -0.39 is 0 Å². The summed E-state index contributed by atoms with van der Waals surface area (Å²) in [6.07, 6.45) is 0.977. The van der Waals surface area contributed by atoms with Gasteiger partial charge >= 0.3 is 0 Å². The van der Waals surface area contributed by atoms with Crippen LogP contribution in [-0.4, -0.2) is 15.5 Å². The van der Waals surface area contributed by atoms with Crippen molar-refractivity contribution in [3.63, 3.8) is 0 Å². The lowest BCUT2D eigenvalue weighted by Gasteiger charge is -2.10. The van der Waals surface area contributed by atoms with E-state index in [1.807, 2.05) is 49.4 Å². The van der Waals surface area contributed by atoms with E-state index in [0.29, 0.717) is 11.5 Å². The smallest absolute Gasteiger partial charge is 0.259 e. The monoisotopic (exact) mass is 419 g/mol. The molecule has 1 N–H and O–H groups in total. The standard InChI is InChI=1S/C18H18IN3O/c1-3-11-22-15-10-5-4-9-14(15)20-18(22)21-17(23)13-8-6-7-12(2)16(13)19/h4-10H,3,11H2,1-2H3,(H,20,21,23). The number of amides is 1. The van der Waals surface area contributed by atoms with Crippen LogP contribution in [0.2, 0.25) is 0 Å². The number of carbonyl (C=O) groups is 1. The number of rotatable bonds is 4. The second-order valence-corrected chi connectivity index (χ2v) is 6.55. The number of hydrogen-bond donors (Lipinski definition) is 1. The van der Waals surface area contributed by atoms with E-state index >= 15 is 0 Å². The van der Waals surface area contributed by atoms with Crippen molar-refractivity contribution >= 4 is 45.5 Å². The van der Waals surface area contributed by atoms with Gasteiger partial charge in [-0.2, -0.15) is 0 Å². The Morgan fingerprint density at radius 2 is 2.00 bits per heavy atom. The highest BCUT2D eigenvalue weighted by atomic mass is 127. The molecule has 4 nitrogen and oxygen atoms in total. The maximum Gasteiger partial charge on any atom is 0.259 e. The van der Waals surface area contributed by atoms with Crippen molar-refractivity contribution in [2.45, 2.75) is 26.8 Å². The molecule has 0 spiro atoms. The number of aryl methyl sites for hydroxylation is 2. The lowest BCUT2D eigenvalue weighted by atomic mass is 10.1. The summed E-state index contributed by atoms with van der Waals surface area (Å²) in [7, 11) is 0. The van der Waals surface area contributed by atoms with Crippen LogP contribution in [0.1, 0.15) is 29.3 Å². The molecule has 0 saturated carbocycles. The van der Waals surface area contributed by atoms with Crippen molar-refractivity contribution in [2.24, 2.45) is 0 Å². The zero-order valence-electron chi connectivity index (χ0n) is 13.1. The Hall–Kier alpha value is -1.89. The number of fused-ring (bicyclic) bond motifs is 1. The Balaban J connectivity index is 1.99. The first-order valence-corrected chi connectivity index (χ1v) is 8.71. The van der Waals surface area contributed by atoms with Crippen molar-refractivity contribution in [2.75, 3.05) is 5.32 Å². The Morgan fingerprint density at radius 1 is 1.22 bits per heavy atom.